The number of hydrogen-bond acceptors (Lipinski definition) is 7. The van der Waals surface area contributed by atoms with Crippen LogP contribution >= 0.6 is 11.3 Å². The summed E-state index contributed by atoms with van der Waals surface area (Å²) >= 11 is 1.70. The van der Waals surface area contributed by atoms with Crippen molar-refractivity contribution in [2.75, 3.05) is 23.7 Å². The van der Waals surface area contributed by atoms with Crippen molar-refractivity contribution in [3.63, 3.8) is 0 Å². The van der Waals surface area contributed by atoms with Gasteiger partial charge in [0.25, 0.3) is 0 Å². The van der Waals surface area contributed by atoms with E-state index in [4.69, 9.17) is 9.97 Å². The summed E-state index contributed by atoms with van der Waals surface area (Å²) < 4.78 is 1.13. The van der Waals surface area contributed by atoms with Crippen LogP contribution in [0.5, 0.6) is 0 Å². The minimum absolute atomic E-state index is 0.425. The maximum Gasteiger partial charge on any atom is 0.162 e. The van der Waals surface area contributed by atoms with Crippen LogP contribution in [0, 0.1) is 0 Å². The summed E-state index contributed by atoms with van der Waals surface area (Å²) in [5, 5.41) is 12.7. The molecule has 0 radical (unpaired) electrons. The third-order valence-electron chi connectivity index (χ3n) is 5.68. The average Bonchev–Trinajstić information content (AvgIpc) is 3.41. The fourth-order valence-corrected chi connectivity index (χ4v) is 4.95. The van der Waals surface area contributed by atoms with Crippen LogP contribution < -0.4 is 16.0 Å². The fraction of sp³-hybridized carbons (Fsp3) is 0.476. The first-order valence-corrected chi connectivity index (χ1v) is 11.2. The lowest BCUT2D eigenvalue weighted by Crippen LogP contribution is -2.23. The summed E-state index contributed by atoms with van der Waals surface area (Å²) in [6, 6.07) is 7.12. The van der Waals surface area contributed by atoms with Gasteiger partial charge in [0.2, 0.25) is 0 Å². The van der Waals surface area contributed by atoms with Crippen LogP contribution in [0.15, 0.2) is 29.8 Å². The maximum absolute atomic E-state index is 4.90. The number of fused-ring (bicyclic) bond motifs is 1. The van der Waals surface area contributed by atoms with Crippen molar-refractivity contribution in [3.8, 4) is 11.4 Å². The maximum atomic E-state index is 4.90. The number of pyridine rings is 1. The van der Waals surface area contributed by atoms with Gasteiger partial charge in [0, 0.05) is 30.4 Å². The Morgan fingerprint density at radius 3 is 2.79 bits per heavy atom. The van der Waals surface area contributed by atoms with E-state index in [9.17, 15) is 0 Å². The standard InChI is InChI=1S/C21H26N6S/c1-2-4-15(5-3-1)24-18-12-14(6-10-23-18)20-26-17-8-11-28-19(17)21(27-20)25-16-7-9-22-13-16/h6,8,10-12,15-16,22H,1-5,7,9,13H2,(H,23,24)(H,25,26,27)/t16-/m1/s1. The highest BCUT2D eigenvalue weighted by Gasteiger charge is 2.18. The fourth-order valence-electron chi connectivity index (χ4n) is 4.17. The number of thiophene rings is 1. The number of aromatic nitrogens is 3. The lowest BCUT2D eigenvalue weighted by atomic mass is 9.95. The molecule has 4 heterocycles. The van der Waals surface area contributed by atoms with Crippen LogP contribution in [0.2, 0.25) is 0 Å². The molecule has 7 heteroatoms. The van der Waals surface area contributed by atoms with E-state index in [0.717, 1.165) is 52.8 Å². The average molecular weight is 395 g/mol. The molecule has 6 nitrogen and oxygen atoms in total. The Kier molecular flexibility index (Phi) is 5.10. The Morgan fingerprint density at radius 2 is 1.93 bits per heavy atom. The van der Waals surface area contributed by atoms with Gasteiger partial charge in [0.15, 0.2) is 5.82 Å². The second-order valence-corrected chi connectivity index (χ2v) is 8.69. The normalized spacial score (nSPS) is 20.5. The van der Waals surface area contributed by atoms with Crippen molar-refractivity contribution in [1.82, 2.24) is 20.3 Å². The van der Waals surface area contributed by atoms with Crippen LogP contribution in [0.3, 0.4) is 0 Å². The predicted octanol–water partition coefficient (Wildman–Crippen LogP) is 4.27. The highest BCUT2D eigenvalue weighted by atomic mass is 32.1. The smallest absolute Gasteiger partial charge is 0.162 e. The van der Waals surface area contributed by atoms with Gasteiger partial charge < -0.3 is 16.0 Å². The Hall–Kier alpha value is -2.25. The monoisotopic (exact) mass is 394 g/mol. The van der Waals surface area contributed by atoms with Gasteiger partial charge in [-0.1, -0.05) is 19.3 Å². The molecule has 146 valence electrons. The highest BCUT2D eigenvalue weighted by Crippen LogP contribution is 2.30. The number of anilines is 2. The first-order valence-electron chi connectivity index (χ1n) is 10.3. The number of nitrogens with zero attached hydrogens (tertiary/aromatic N) is 3. The second kappa shape index (κ2) is 8.01. The van der Waals surface area contributed by atoms with Gasteiger partial charge in [0.1, 0.15) is 11.6 Å². The molecule has 3 aromatic rings. The van der Waals surface area contributed by atoms with E-state index < -0.39 is 0 Å². The van der Waals surface area contributed by atoms with Crippen molar-refractivity contribution < 1.29 is 0 Å². The largest absolute Gasteiger partial charge is 0.367 e. The third kappa shape index (κ3) is 3.82. The molecular weight excluding hydrogens is 368 g/mol. The van der Waals surface area contributed by atoms with Crippen molar-refractivity contribution in [2.24, 2.45) is 0 Å². The SMILES string of the molecule is c1cc(-c2nc(N[C@@H]3CCNC3)c3sccc3n2)cc(NC2CCCCC2)n1. The Balaban J connectivity index is 1.44. The van der Waals surface area contributed by atoms with Gasteiger partial charge in [-0.15, -0.1) is 11.3 Å². The number of hydrogen-bond donors (Lipinski definition) is 3. The number of rotatable bonds is 5. The summed E-state index contributed by atoms with van der Waals surface area (Å²) in [4.78, 5) is 14.2. The molecule has 1 saturated carbocycles. The summed E-state index contributed by atoms with van der Waals surface area (Å²) in [5.41, 5.74) is 2.01. The van der Waals surface area contributed by atoms with Gasteiger partial charge in [-0.2, -0.15) is 0 Å². The molecule has 1 aliphatic carbocycles. The first-order chi connectivity index (χ1) is 13.8. The topological polar surface area (TPSA) is 74.8 Å². The van der Waals surface area contributed by atoms with Crippen LogP contribution in [0.25, 0.3) is 21.6 Å². The molecule has 28 heavy (non-hydrogen) atoms. The van der Waals surface area contributed by atoms with E-state index in [2.05, 4.69) is 38.4 Å². The lowest BCUT2D eigenvalue weighted by molar-refractivity contribution is 0.462. The molecule has 2 fully saturated rings. The van der Waals surface area contributed by atoms with Crippen molar-refractivity contribution >= 4 is 33.2 Å². The summed E-state index contributed by atoms with van der Waals surface area (Å²) in [6.07, 6.45) is 9.40. The minimum atomic E-state index is 0.425. The summed E-state index contributed by atoms with van der Waals surface area (Å²) in [6.45, 7) is 2.04. The molecule has 5 rings (SSSR count). The van der Waals surface area contributed by atoms with Crippen LogP contribution in [0.4, 0.5) is 11.6 Å². The molecule has 2 aliphatic rings. The van der Waals surface area contributed by atoms with Gasteiger partial charge in [-0.25, -0.2) is 15.0 Å². The van der Waals surface area contributed by atoms with E-state index in [1.54, 1.807) is 11.3 Å². The number of nitrogens with one attached hydrogen (secondary N) is 3. The minimum Gasteiger partial charge on any atom is -0.367 e. The molecule has 1 atom stereocenters. The zero-order valence-electron chi connectivity index (χ0n) is 15.9. The molecule has 1 saturated heterocycles. The molecule has 0 aromatic carbocycles. The van der Waals surface area contributed by atoms with Crippen LogP contribution in [-0.4, -0.2) is 40.1 Å². The summed E-state index contributed by atoms with van der Waals surface area (Å²) in [7, 11) is 0. The zero-order chi connectivity index (χ0) is 18.8. The summed E-state index contributed by atoms with van der Waals surface area (Å²) in [5.74, 6) is 2.63. The molecule has 3 N–H and O–H groups in total. The van der Waals surface area contributed by atoms with Gasteiger partial charge in [-0.3, -0.25) is 0 Å². The lowest BCUT2D eigenvalue weighted by Gasteiger charge is -2.23. The van der Waals surface area contributed by atoms with Gasteiger partial charge in [-0.05, 0) is 49.4 Å². The molecule has 0 spiro atoms. The molecule has 0 bridgehead atoms. The van der Waals surface area contributed by atoms with E-state index in [1.165, 1.54) is 32.1 Å². The van der Waals surface area contributed by atoms with Crippen LogP contribution in [-0.2, 0) is 0 Å². The second-order valence-electron chi connectivity index (χ2n) is 7.77. The van der Waals surface area contributed by atoms with E-state index in [1.807, 2.05) is 12.3 Å². The molecular formula is C21H26N6S. The van der Waals surface area contributed by atoms with Gasteiger partial charge >= 0.3 is 0 Å². The first kappa shape index (κ1) is 17.8. The van der Waals surface area contributed by atoms with Gasteiger partial charge in [0.05, 0.1) is 10.2 Å². The Bertz CT molecular complexity index is 943. The quantitative estimate of drug-likeness (QED) is 0.600. The molecule has 0 amide bonds. The Morgan fingerprint density at radius 1 is 1.00 bits per heavy atom. The van der Waals surface area contributed by atoms with Crippen molar-refractivity contribution in [2.45, 2.75) is 50.6 Å². The highest BCUT2D eigenvalue weighted by molar-refractivity contribution is 7.17. The molecule has 3 aromatic heterocycles. The zero-order valence-corrected chi connectivity index (χ0v) is 16.8. The van der Waals surface area contributed by atoms with Crippen molar-refractivity contribution in [3.05, 3.63) is 29.8 Å². The van der Waals surface area contributed by atoms with E-state index in [0.29, 0.717) is 12.1 Å². The van der Waals surface area contributed by atoms with Crippen molar-refractivity contribution in [1.29, 1.82) is 0 Å². The predicted molar refractivity (Wildman–Crippen MR) is 116 cm³/mol. The third-order valence-corrected chi connectivity index (χ3v) is 6.59. The molecule has 0 unspecified atom stereocenters. The Labute approximate surface area is 169 Å². The van der Waals surface area contributed by atoms with E-state index in [-0.39, 0.29) is 0 Å². The van der Waals surface area contributed by atoms with E-state index >= 15 is 0 Å². The van der Waals surface area contributed by atoms with Crippen LogP contribution in [0.1, 0.15) is 38.5 Å². The molecule has 1 aliphatic heterocycles.